The van der Waals surface area contributed by atoms with E-state index < -0.39 is 6.10 Å². The Balaban J connectivity index is 2.44. The number of carbonyl (C=O) groups is 1. The summed E-state index contributed by atoms with van der Waals surface area (Å²) in [6.07, 6.45) is -0.390. The Hall–Kier alpha value is -2.14. The molecule has 1 unspecified atom stereocenters. The van der Waals surface area contributed by atoms with Crippen molar-refractivity contribution in [1.82, 2.24) is 10.5 Å². The SMILES string of the molecule is CNC(=O)c1c(-c2ccccc2)noc1CC(O)C(C)(C)C. The van der Waals surface area contributed by atoms with Gasteiger partial charge in [0.2, 0.25) is 0 Å². The molecule has 0 aliphatic carbocycles. The zero-order chi connectivity index (χ0) is 16.3. The summed E-state index contributed by atoms with van der Waals surface area (Å²) in [6, 6.07) is 9.39. The predicted octanol–water partition coefficient (Wildman–Crippen LogP) is 2.65. The first-order valence-corrected chi connectivity index (χ1v) is 7.28. The highest BCUT2D eigenvalue weighted by Crippen LogP contribution is 2.29. The summed E-state index contributed by atoms with van der Waals surface area (Å²) in [5, 5.41) is 16.9. The maximum absolute atomic E-state index is 12.2. The predicted molar refractivity (Wildman–Crippen MR) is 84.5 cm³/mol. The number of amides is 1. The van der Waals surface area contributed by atoms with Crippen LogP contribution in [0.15, 0.2) is 34.9 Å². The number of nitrogens with zero attached hydrogens (tertiary/aromatic N) is 1. The fourth-order valence-corrected chi connectivity index (χ4v) is 2.10. The molecule has 2 aromatic rings. The lowest BCUT2D eigenvalue weighted by atomic mass is 9.86. The molecule has 5 nitrogen and oxygen atoms in total. The summed E-state index contributed by atoms with van der Waals surface area (Å²) in [4.78, 5) is 12.2. The van der Waals surface area contributed by atoms with Gasteiger partial charge in [-0.05, 0) is 5.41 Å². The Morgan fingerprint density at radius 2 is 1.95 bits per heavy atom. The van der Waals surface area contributed by atoms with E-state index in [1.807, 2.05) is 51.1 Å². The zero-order valence-electron chi connectivity index (χ0n) is 13.4. The molecular formula is C17H22N2O3. The first kappa shape index (κ1) is 16.2. The lowest BCUT2D eigenvalue weighted by molar-refractivity contribution is 0.0573. The molecule has 2 rings (SSSR count). The molecule has 1 aromatic carbocycles. The Bertz CT molecular complexity index is 642. The topological polar surface area (TPSA) is 75.4 Å². The van der Waals surface area contributed by atoms with Gasteiger partial charge in [-0.3, -0.25) is 4.79 Å². The molecule has 5 heteroatoms. The van der Waals surface area contributed by atoms with Crippen molar-refractivity contribution in [2.75, 3.05) is 7.05 Å². The van der Waals surface area contributed by atoms with Crippen molar-refractivity contribution in [3.63, 3.8) is 0 Å². The van der Waals surface area contributed by atoms with E-state index in [1.165, 1.54) is 0 Å². The van der Waals surface area contributed by atoms with Crippen LogP contribution in [0, 0.1) is 5.41 Å². The number of aliphatic hydroxyl groups is 1. The van der Waals surface area contributed by atoms with Gasteiger partial charge in [-0.25, -0.2) is 0 Å². The minimum atomic E-state index is -0.632. The van der Waals surface area contributed by atoms with Gasteiger partial charge in [0.25, 0.3) is 5.91 Å². The van der Waals surface area contributed by atoms with Crippen LogP contribution in [0.4, 0.5) is 0 Å². The molecule has 0 bridgehead atoms. The highest BCUT2D eigenvalue weighted by Gasteiger charge is 2.29. The van der Waals surface area contributed by atoms with Crippen LogP contribution in [0.1, 0.15) is 36.9 Å². The Morgan fingerprint density at radius 1 is 1.32 bits per heavy atom. The smallest absolute Gasteiger partial charge is 0.256 e. The van der Waals surface area contributed by atoms with Gasteiger partial charge >= 0.3 is 0 Å². The molecule has 0 fully saturated rings. The van der Waals surface area contributed by atoms with E-state index in [9.17, 15) is 9.90 Å². The van der Waals surface area contributed by atoms with E-state index in [0.29, 0.717) is 17.0 Å². The number of hydrogen-bond donors (Lipinski definition) is 2. The molecule has 118 valence electrons. The molecule has 2 N–H and O–H groups in total. The third-order valence-electron chi connectivity index (χ3n) is 3.64. The monoisotopic (exact) mass is 302 g/mol. The van der Waals surface area contributed by atoms with Gasteiger partial charge < -0.3 is 14.9 Å². The Kier molecular flexibility index (Phi) is 4.66. The summed E-state index contributed by atoms with van der Waals surface area (Å²) < 4.78 is 5.37. The maximum atomic E-state index is 12.2. The average molecular weight is 302 g/mol. The van der Waals surface area contributed by atoms with Crippen molar-refractivity contribution in [1.29, 1.82) is 0 Å². The summed E-state index contributed by atoms with van der Waals surface area (Å²) in [5.74, 6) is 0.136. The highest BCUT2D eigenvalue weighted by atomic mass is 16.5. The van der Waals surface area contributed by atoms with Crippen molar-refractivity contribution in [2.24, 2.45) is 5.41 Å². The van der Waals surface area contributed by atoms with Crippen LogP contribution in [-0.4, -0.2) is 29.3 Å². The molecule has 0 saturated heterocycles. The quantitative estimate of drug-likeness (QED) is 0.910. The third-order valence-corrected chi connectivity index (χ3v) is 3.64. The van der Waals surface area contributed by atoms with Gasteiger partial charge in [0.05, 0.1) is 6.10 Å². The van der Waals surface area contributed by atoms with Crippen LogP contribution in [0.25, 0.3) is 11.3 Å². The minimum absolute atomic E-state index is 0.242. The number of hydrogen-bond acceptors (Lipinski definition) is 4. The molecule has 22 heavy (non-hydrogen) atoms. The van der Waals surface area contributed by atoms with Crippen molar-refractivity contribution >= 4 is 5.91 Å². The van der Waals surface area contributed by atoms with E-state index in [0.717, 1.165) is 5.56 Å². The molecule has 1 atom stereocenters. The standard InChI is InChI=1S/C17H22N2O3/c1-17(2,3)13(20)10-12-14(16(21)18-4)15(19-22-12)11-8-6-5-7-9-11/h5-9,13,20H,10H2,1-4H3,(H,18,21). The second-order valence-electron chi connectivity index (χ2n) is 6.36. The van der Waals surface area contributed by atoms with E-state index >= 15 is 0 Å². The molecule has 0 aliphatic heterocycles. The third kappa shape index (κ3) is 3.36. The molecule has 0 spiro atoms. The van der Waals surface area contributed by atoms with Crippen LogP contribution in [0.2, 0.25) is 0 Å². The number of rotatable bonds is 4. The molecule has 1 amide bonds. The van der Waals surface area contributed by atoms with E-state index in [1.54, 1.807) is 7.05 Å². The van der Waals surface area contributed by atoms with Crippen molar-refractivity contribution in [2.45, 2.75) is 33.3 Å². The number of carbonyl (C=O) groups excluding carboxylic acids is 1. The van der Waals surface area contributed by atoms with Crippen LogP contribution in [-0.2, 0) is 6.42 Å². The summed E-state index contributed by atoms with van der Waals surface area (Å²) in [7, 11) is 1.56. The highest BCUT2D eigenvalue weighted by molar-refractivity contribution is 6.00. The summed E-state index contributed by atoms with van der Waals surface area (Å²) in [5.41, 5.74) is 1.38. The first-order valence-electron chi connectivity index (χ1n) is 7.28. The summed E-state index contributed by atoms with van der Waals surface area (Å²) in [6.45, 7) is 5.81. The van der Waals surface area contributed by atoms with Crippen molar-refractivity contribution in [3.8, 4) is 11.3 Å². The number of nitrogens with one attached hydrogen (secondary N) is 1. The van der Waals surface area contributed by atoms with Gasteiger partial charge in [-0.2, -0.15) is 0 Å². The second kappa shape index (κ2) is 6.32. The van der Waals surface area contributed by atoms with Gasteiger partial charge in [-0.1, -0.05) is 56.3 Å². The molecule has 1 heterocycles. The lowest BCUT2D eigenvalue weighted by Gasteiger charge is -2.24. The van der Waals surface area contributed by atoms with Gasteiger partial charge in [0.15, 0.2) is 5.76 Å². The molecule has 0 saturated carbocycles. The Morgan fingerprint density at radius 3 is 2.50 bits per heavy atom. The second-order valence-corrected chi connectivity index (χ2v) is 6.36. The van der Waals surface area contributed by atoms with E-state index in [2.05, 4.69) is 10.5 Å². The van der Waals surface area contributed by atoms with Gasteiger partial charge in [0, 0.05) is 19.0 Å². The average Bonchev–Trinajstić information content (AvgIpc) is 2.90. The molecule has 0 aliphatic rings. The minimum Gasteiger partial charge on any atom is -0.392 e. The van der Waals surface area contributed by atoms with Crippen molar-refractivity contribution in [3.05, 3.63) is 41.7 Å². The Labute approximate surface area is 130 Å². The number of benzene rings is 1. The number of aromatic nitrogens is 1. The van der Waals surface area contributed by atoms with Crippen LogP contribution >= 0.6 is 0 Å². The summed E-state index contributed by atoms with van der Waals surface area (Å²) >= 11 is 0. The van der Waals surface area contributed by atoms with Crippen LogP contribution in [0.3, 0.4) is 0 Å². The van der Waals surface area contributed by atoms with E-state index in [-0.39, 0.29) is 17.7 Å². The van der Waals surface area contributed by atoms with Gasteiger partial charge in [0.1, 0.15) is 11.3 Å². The maximum Gasteiger partial charge on any atom is 0.256 e. The fraction of sp³-hybridized carbons (Fsp3) is 0.412. The molecule has 0 radical (unpaired) electrons. The fourth-order valence-electron chi connectivity index (χ4n) is 2.10. The largest absolute Gasteiger partial charge is 0.392 e. The van der Waals surface area contributed by atoms with Crippen LogP contribution in [0.5, 0.6) is 0 Å². The lowest BCUT2D eigenvalue weighted by Crippen LogP contribution is -2.29. The number of aliphatic hydroxyl groups excluding tert-OH is 1. The molecule has 1 aromatic heterocycles. The molecular weight excluding hydrogens is 280 g/mol. The zero-order valence-corrected chi connectivity index (χ0v) is 13.4. The van der Waals surface area contributed by atoms with Crippen molar-refractivity contribution < 1.29 is 14.4 Å². The normalized spacial score (nSPS) is 13.0. The van der Waals surface area contributed by atoms with Crippen LogP contribution < -0.4 is 5.32 Å². The first-order chi connectivity index (χ1) is 10.3. The van der Waals surface area contributed by atoms with Gasteiger partial charge in [-0.15, -0.1) is 0 Å². The van der Waals surface area contributed by atoms with E-state index in [4.69, 9.17) is 4.52 Å².